The summed E-state index contributed by atoms with van der Waals surface area (Å²) in [5.74, 6) is -0.191. The normalized spacial score (nSPS) is 23.0. The fourth-order valence-electron chi connectivity index (χ4n) is 3.20. The van der Waals surface area contributed by atoms with Crippen molar-refractivity contribution in [3.05, 3.63) is 0 Å². The van der Waals surface area contributed by atoms with Crippen LogP contribution in [0.5, 0.6) is 0 Å². The van der Waals surface area contributed by atoms with E-state index in [1.807, 2.05) is 0 Å². The lowest BCUT2D eigenvalue weighted by molar-refractivity contribution is -0.137. The van der Waals surface area contributed by atoms with Crippen LogP contribution in [0.3, 0.4) is 0 Å². The molecule has 2 atom stereocenters. The van der Waals surface area contributed by atoms with E-state index in [1.165, 1.54) is 0 Å². The third-order valence-electron chi connectivity index (χ3n) is 4.64. The summed E-state index contributed by atoms with van der Waals surface area (Å²) in [6, 6.07) is 0. The second kappa shape index (κ2) is 9.03. The first-order chi connectivity index (χ1) is 10.0. The minimum Gasteiger partial charge on any atom is -0.481 e. The number of nitrogens with one attached hydrogen (secondary N) is 2. The summed E-state index contributed by atoms with van der Waals surface area (Å²) in [5, 5.41) is 15.1. The first-order valence-corrected chi connectivity index (χ1v) is 8.25. The van der Waals surface area contributed by atoms with E-state index < -0.39 is 5.97 Å². The molecule has 0 spiro atoms. The molecule has 0 aromatic heterocycles. The number of carboxylic acid groups (broad SMARTS) is 1. The summed E-state index contributed by atoms with van der Waals surface area (Å²) in [6.45, 7) is 6.55. The molecular weight excluding hydrogens is 268 g/mol. The van der Waals surface area contributed by atoms with Gasteiger partial charge in [0.25, 0.3) is 0 Å². The monoisotopic (exact) mass is 298 g/mol. The van der Waals surface area contributed by atoms with Gasteiger partial charge in [0.1, 0.15) is 0 Å². The Kier molecular flexibility index (Phi) is 7.72. The highest BCUT2D eigenvalue weighted by Gasteiger charge is 2.39. The maximum Gasteiger partial charge on any atom is 0.303 e. The van der Waals surface area contributed by atoms with E-state index in [2.05, 4.69) is 24.5 Å². The average molecular weight is 298 g/mol. The quantitative estimate of drug-likeness (QED) is 0.577. The highest BCUT2D eigenvalue weighted by molar-refractivity contribution is 5.83. The fourth-order valence-corrected chi connectivity index (χ4v) is 3.20. The first-order valence-electron chi connectivity index (χ1n) is 8.25. The van der Waals surface area contributed by atoms with Gasteiger partial charge < -0.3 is 15.7 Å². The Balaban J connectivity index is 2.35. The van der Waals surface area contributed by atoms with Crippen LogP contribution in [0.15, 0.2) is 0 Å². The van der Waals surface area contributed by atoms with E-state index in [9.17, 15) is 9.59 Å². The molecule has 21 heavy (non-hydrogen) atoms. The molecule has 5 heteroatoms. The molecule has 5 nitrogen and oxygen atoms in total. The molecule has 1 aliphatic rings. The number of carboxylic acids is 1. The molecule has 122 valence electrons. The molecule has 1 aliphatic heterocycles. The van der Waals surface area contributed by atoms with E-state index in [4.69, 9.17) is 5.11 Å². The zero-order valence-corrected chi connectivity index (χ0v) is 13.4. The second-order valence-corrected chi connectivity index (χ2v) is 6.21. The van der Waals surface area contributed by atoms with Crippen molar-refractivity contribution in [1.29, 1.82) is 0 Å². The third kappa shape index (κ3) is 5.65. The van der Waals surface area contributed by atoms with Gasteiger partial charge in [-0.05, 0) is 38.1 Å². The largest absolute Gasteiger partial charge is 0.481 e. The van der Waals surface area contributed by atoms with Crippen molar-refractivity contribution in [2.75, 3.05) is 19.6 Å². The summed E-state index contributed by atoms with van der Waals surface area (Å²) in [5.41, 5.74) is -0.225. The van der Waals surface area contributed by atoms with Gasteiger partial charge in [0.05, 0.1) is 5.41 Å². The van der Waals surface area contributed by atoms with Gasteiger partial charge in [-0.2, -0.15) is 0 Å². The number of aliphatic carboxylic acids is 1. The second-order valence-electron chi connectivity index (χ2n) is 6.21. The van der Waals surface area contributed by atoms with Crippen molar-refractivity contribution in [3.63, 3.8) is 0 Å². The highest BCUT2D eigenvalue weighted by atomic mass is 16.4. The molecule has 1 rings (SSSR count). The van der Waals surface area contributed by atoms with Crippen LogP contribution in [-0.4, -0.2) is 36.6 Å². The number of hydrogen-bond donors (Lipinski definition) is 3. The summed E-state index contributed by atoms with van der Waals surface area (Å²) in [4.78, 5) is 23.1. The minimum absolute atomic E-state index is 0.169. The van der Waals surface area contributed by atoms with Gasteiger partial charge in [-0.3, -0.25) is 9.59 Å². The van der Waals surface area contributed by atoms with Crippen molar-refractivity contribution in [2.24, 2.45) is 11.3 Å². The van der Waals surface area contributed by atoms with Crippen LogP contribution in [0.4, 0.5) is 0 Å². The lowest BCUT2D eigenvalue weighted by atomic mass is 9.81. The maximum absolute atomic E-state index is 12.4. The summed E-state index contributed by atoms with van der Waals surface area (Å²) < 4.78 is 0. The molecule has 0 radical (unpaired) electrons. The van der Waals surface area contributed by atoms with Crippen molar-refractivity contribution >= 4 is 11.9 Å². The molecule has 0 aromatic rings. The molecule has 1 amide bonds. The topological polar surface area (TPSA) is 78.4 Å². The Morgan fingerprint density at radius 3 is 2.62 bits per heavy atom. The molecule has 3 N–H and O–H groups in total. The van der Waals surface area contributed by atoms with Crippen LogP contribution in [0, 0.1) is 11.3 Å². The Morgan fingerprint density at radius 1 is 1.33 bits per heavy atom. The Hall–Kier alpha value is -1.10. The average Bonchev–Trinajstić information content (AvgIpc) is 2.92. The van der Waals surface area contributed by atoms with Gasteiger partial charge in [-0.1, -0.05) is 26.7 Å². The molecule has 2 unspecified atom stereocenters. The lowest BCUT2D eigenvalue weighted by Gasteiger charge is -2.27. The first kappa shape index (κ1) is 18.0. The van der Waals surface area contributed by atoms with Crippen LogP contribution in [0.2, 0.25) is 0 Å². The minimum atomic E-state index is -0.739. The van der Waals surface area contributed by atoms with E-state index in [1.54, 1.807) is 0 Å². The summed E-state index contributed by atoms with van der Waals surface area (Å²) in [7, 11) is 0. The zero-order valence-electron chi connectivity index (χ0n) is 13.4. The fraction of sp³-hybridized carbons (Fsp3) is 0.875. The van der Waals surface area contributed by atoms with Gasteiger partial charge in [0, 0.05) is 19.5 Å². The summed E-state index contributed by atoms with van der Waals surface area (Å²) >= 11 is 0. The highest BCUT2D eigenvalue weighted by Crippen LogP contribution is 2.31. The maximum atomic E-state index is 12.4. The molecule has 0 bridgehead atoms. The number of amides is 1. The van der Waals surface area contributed by atoms with Crippen LogP contribution in [0.25, 0.3) is 0 Å². The Morgan fingerprint density at radius 2 is 2.10 bits per heavy atom. The van der Waals surface area contributed by atoms with E-state index in [0.717, 1.165) is 45.2 Å². The molecule has 0 aliphatic carbocycles. The van der Waals surface area contributed by atoms with Crippen molar-refractivity contribution in [3.8, 4) is 0 Å². The van der Waals surface area contributed by atoms with Crippen LogP contribution < -0.4 is 10.6 Å². The Bertz CT molecular complexity index is 338. The predicted octanol–water partition coefficient (Wildman–Crippen LogP) is 2.16. The van der Waals surface area contributed by atoms with Gasteiger partial charge in [0.15, 0.2) is 0 Å². The number of rotatable bonds is 10. The van der Waals surface area contributed by atoms with Gasteiger partial charge in [-0.15, -0.1) is 0 Å². The van der Waals surface area contributed by atoms with Gasteiger partial charge in [-0.25, -0.2) is 0 Å². The number of hydrogen-bond acceptors (Lipinski definition) is 3. The number of carbonyl (C=O) groups excluding carboxylic acids is 1. The molecular formula is C16H30N2O3. The van der Waals surface area contributed by atoms with E-state index >= 15 is 0 Å². The standard InChI is InChI=1S/C16H30N2O3/c1-3-8-16(9-11-17-12-16)15(21)18-10-7-13(4-2)5-6-14(19)20/h13,17H,3-12H2,1-2H3,(H,18,21)(H,19,20). The third-order valence-corrected chi connectivity index (χ3v) is 4.64. The zero-order chi connectivity index (χ0) is 15.7. The van der Waals surface area contributed by atoms with Crippen LogP contribution >= 0.6 is 0 Å². The summed E-state index contributed by atoms with van der Waals surface area (Å²) in [6.07, 6.45) is 5.62. The van der Waals surface area contributed by atoms with Crippen molar-refractivity contribution < 1.29 is 14.7 Å². The number of carbonyl (C=O) groups is 2. The molecule has 0 saturated carbocycles. The van der Waals surface area contributed by atoms with Gasteiger partial charge >= 0.3 is 5.97 Å². The molecule has 1 saturated heterocycles. The van der Waals surface area contributed by atoms with Gasteiger partial charge in [0.2, 0.25) is 5.91 Å². The van der Waals surface area contributed by atoms with E-state index in [0.29, 0.717) is 18.9 Å². The van der Waals surface area contributed by atoms with E-state index in [-0.39, 0.29) is 17.7 Å². The molecule has 0 aromatic carbocycles. The smallest absolute Gasteiger partial charge is 0.303 e. The Labute approximate surface area is 127 Å². The van der Waals surface area contributed by atoms with Crippen molar-refractivity contribution in [1.82, 2.24) is 10.6 Å². The lowest BCUT2D eigenvalue weighted by Crippen LogP contribution is -2.43. The SMILES string of the molecule is CCCC1(C(=O)NCCC(CC)CCC(=O)O)CCNC1. The van der Waals surface area contributed by atoms with Crippen LogP contribution in [-0.2, 0) is 9.59 Å². The van der Waals surface area contributed by atoms with Crippen LogP contribution in [0.1, 0.15) is 58.8 Å². The van der Waals surface area contributed by atoms with Crippen molar-refractivity contribution in [2.45, 2.75) is 58.8 Å². The molecule has 1 fully saturated rings. The molecule has 1 heterocycles. The predicted molar refractivity (Wildman–Crippen MR) is 83.1 cm³/mol.